The molecule has 0 bridgehead atoms. The van der Waals surface area contributed by atoms with E-state index in [2.05, 4.69) is 10.3 Å². The molecule has 9 heteroatoms. The second-order valence-electron chi connectivity index (χ2n) is 5.83. The predicted molar refractivity (Wildman–Crippen MR) is 101 cm³/mol. The molecule has 3 aromatic rings. The van der Waals surface area contributed by atoms with Gasteiger partial charge in [-0.1, -0.05) is 12.1 Å². The Labute approximate surface area is 159 Å². The third kappa shape index (κ3) is 3.51. The van der Waals surface area contributed by atoms with Gasteiger partial charge in [0, 0.05) is 17.2 Å². The number of hydrogen-bond acceptors (Lipinski definition) is 7. The van der Waals surface area contributed by atoms with Crippen molar-refractivity contribution in [3.8, 4) is 22.8 Å². The fraction of sp³-hybridized carbons (Fsp3) is 0.111. The fourth-order valence-electron chi connectivity index (χ4n) is 2.66. The van der Waals surface area contributed by atoms with Crippen LogP contribution >= 0.6 is 11.3 Å². The second-order valence-corrected chi connectivity index (χ2v) is 8.67. The quantitative estimate of drug-likeness (QED) is 0.720. The Morgan fingerprint density at radius 1 is 1.15 bits per heavy atom. The zero-order valence-electron chi connectivity index (χ0n) is 14.1. The van der Waals surface area contributed by atoms with E-state index in [9.17, 15) is 13.2 Å². The molecule has 2 heterocycles. The van der Waals surface area contributed by atoms with Gasteiger partial charge in [-0.25, -0.2) is 13.4 Å². The summed E-state index contributed by atoms with van der Waals surface area (Å²) in [6.45, 7) is 0.191. The van der Waals surface area contributed by atoms with Gasteiger partial charge in [-0.2, -0.15) is 0 Å². The molecule has 0 fully saturated rings. The predicted octanol–water partition coefficient (Wildman–Crippen LogP) is 3.19. The largest absolute Gasteiger partial charge is 0.454 e. The Bertz CT molecular complexity index is 1140. The number of carbonyl (C=O) groups excluding carboxylic acids is 1. The zero-order chi connectivity index (χ0) is 19.0. The SMILES string of the molecule is CS(=O)(=O)c1ccccc1C(=O)Nc1nc(-c2ccc3c(c2)OCO3)cs1. The van der Waals surface area contributed by atoms with Crippen molar-refractivity contribution in [1.29, 1.82) is 0 Å². The Balaban J connectivity index is 1.58. The van der Waals surface area contributed by atoms with Gasteiger partial charge in [0.1, 0.15) is 0 Å². The number of ether oxygens (including phenoxy) is 2. The van der Waals surface area contributed by atoms with Gasteiger partial charge in [-0.15, -0.1) is 11.3 Å². The summed E-state index contributed by atoms with van der Waals surface area (Å²) in [7, 11) is -3.52. The van der Waals surface area contributed by atoms with E-state index < -0.39 is 15.7 Å². The molecule has 0 spiro atoms. The van der Waals surface area contributed by atoms with Crippen LogP contribution in [0.5, 0.6) is 11.5 Å². The van der Waals surface area contributed by atoms with Crippen molar-refractivity contribution in [2.75, 3.05) is 18.4 Å². The van der Waals surface area contributed by atoms with Gasteiger partial charge in [0.05, 0.1) is 16.2 Å². The molecule has 0 unspecified atom stereocenters. The van der Waals surface area contributed by atoms with Gasteiger partial charge in [-0.3, -0.25) is 10.1 Å². The molecule has 0 atom stereocenters. The highest BCUT2D eigenvalue weighted by Crippen LogP contribution is 2.36. The van der Waals surface area contributed by atoms with Crippen LogP contribution in [0.15, 0.2) is 52.7 Å². The number of amides is 1. The number of anilines is 1. The van der Waals surface area contributed by atoms with Gasteiger partial charge in [0.2, 0.25) is 6.79 Å². The molecule has 27 heavy (non-hydrogen) atoms. The average molecular weight is 402 g/mol. The van der Waals surface area contributed by atoms with Crippen molar-refractivity contribution in [3.63, 3.8) is 0 Å². The maximum absolute atomic E-state index is 12.5. The van der Waals surface area contributed by atoms with E-state index in [-0.39, 0.29) is 17.3 Å². The van der Waals surface area contributed by atoms with Crippen molar-refractivity contribution >= 4 is 32.2 Å². The second kappa shape index (κ2) is 6.67. The highest BCUT2D eigenvalue weighted by atomic mass is 32.2. The van der Waals surface area contributed by atoms with Crippen LogP contribution in [0.25, 0.3) is 11.3 Å². The van der Waals surface area contributed by atoms with Crippen LogP contribution < -0.4 is 14.8 Å². The molecule has 1 aliphatic heterocycles. The van der Waals surface area contributed by atoms with Gasteiger partial charge in [-0.05, 0) is 30.3 Å². The molecule has 0 radical (unpaired) electrons. The number of aromatic nitrogens is 1. The smallest absolute Gasteiger partial charge is 0.258 e. The lowest BCUT2D eigenvalue weighted by atomic mass is 10.1. The van der Waals surface area contributed by atoms with E-state index in [1.165, 1.54) is 23.5 Å². The van der Waals surface area contributed by atoms with E-state index in [0.717, 1.165) is 11.8 Å². The minimum absolute atomic E-state index is 0.0185. The zero-order valence-corrected chi connectivity index (χ0v) is 15.8. The molecule has 1 N–H and O–H groups in total. The van der Waals surface area contributed by atoms with Crippen LogP contribution in [0.1, 0.15) is 10.4 Å². The van der Waals surface area contributed by atoms with Crippen LogP contribution in [0, 0.1) is 0 Å². The molecule has 0 saturated heterocycles. The maximum atomic E-state index is 12.5. The van der Waals surface area contributed by atoms with Crippen molar-refractivity contribution in [2.45, 2.75) is 4.90 Å². The monoisotopic (exact) mass is 402 g/mol. The molecule has 1 aromatic heterocycles. The lowest BCUT2D eigenvalue weighted by Gasteiger charge is -2.07. The normalized spacial score (nSPS) is 12.8. The summed E-state index contributed by atoms with van der Waals surface area (Å²) < 4.78 is 34.4. The summed E-state index contributed by atoms with van der Waals surface area (Å²) in [5.41, 5.74) is 1.58. The molecule has 7 nitrogen and oxygen atoms in total. The fourth-order valence-corrected chi connectivity index (χ4v) is 4.26. The first-order valence-corrected chi connectivity index (χ1v) is 10.6. The van der Waals surface area contributed by atoms with E-state index in [0.29, 0.717) is 22.3 Å². The van der Waals surface area contributed by atoms with E-state index in [1.54, 1.807) is 23.6 Å². The number of thiazole rings is 1. The first-order chi connectivity index (χ1) is 12.9. The summed E-state index contributed by atoms with van der Waals surface area (Å²) in [5.74, 6) is 0.802. The Morgan fingerprint density at radius 2 is 1.93 bits per heavy atom. The molecule has 1 amide bonds. The highest BCUT2D eigenvalue weighted by Gasteiger charge is 2.20. The molecular formula is C18H14N2O5S2. The van der Waals surface area contributed by atoms with Gasteiger partial charge >= 0.3 is 0 Å². The number of sulfone groups is 1. The van der Waals surface area contributed by atoms with Crippen LogP contribution in [0.3, 0.4) is 0 Å². The van der Waals surface area contributed by atoms with E-state index in [1.807, 2.05) is 12.1 Å². The molecule has 0 saturated carbocycles. The summed E-state index contributed by atoms with van der Waals surface area (Å²) >= 11 is 1.25. The van der Waals surface area contributed by atoms with Gasteiger partial charge < -0.3 is 9.47 Å². The number of nitrogens with zero attached hydrogens (tertiary/aromatic N) is 1. The Hall–Kier alpha value is -2.91. The average Bonchev–Trinajstić information content (AvgIpc) is 3.29. The van der Waals surface area contributed by atoms with Crippen LogP contribution in [0.2, 0.25) is 0 Å². The van der Waals surface area contributed by atoms with Crippen LogP contribution in [0.4, 0.5) is 5.13 Å². The number of carbonyl (C=O) groups is 1. The molecule has 138 valence electrons. The third-order valence-corrected chi connectivity index (χ3v) is 5.84. The lowest BCUT2D eigenvalue weighted by Crippen LogP contribution is -2.15. The number of fused-ring (bicyclic) bond motifs is 1. The van der Waals surface area contributed by atoms with Crippen molar-refractivity contribution in [1.82, 2.24) is 4.98 Å². The summed E-state index contributed by atoms with van der Waals surface area (Å²) in [5, 5.41) is 4.83. The van der Waals surface area contributed by atoms with Crippen molar-refractivity contribution < 1.29 is 22.7 Å². The Kier molecular flexibility index (Phi) is 4.33. The van der Waals surface area contributed by atoms with Gasteiger partial charge in [0.15, 0.2) is 26.5 Å². The topological polar surface area (TPSA) is 94.6 Å². The number of hydrogen-bond donors (Lipinski definition) is 1. The van der Waals surface area contributed by atoms with Crippen LogP contribution in [-0.2, 0) is 9.84 Å². The molecule has 2 aromatic carbocycles. The highest BCUT2D eigenvalue weighted by molar-refractivity contribution is 7.90. The number of rotatable bonds is 4. The van der Waals surface area contributed by atoms with Crippen molar-refractivity contribution in [2.24, 2.45) is 0 Å². The first-order valence-electron chi connectivity index (χ1n) is 7.88. The molecule has 0 aliphatic carbocycles. The van der Waals surface area contributed by atoms with Gasteiger partial charge in [0.25, 0.3) is 5.91 Å². The summed E-state index contributed by atoms with van der Waals surface area (Å²) in [6, 6.07) is 11.5. The minimum atomic E-state index is -3.52. The molecule has 1 aliphatic rings. The standard InChI is InChI=1S/C18H14N2O5S2/c1-27(22,23)16-5-3-2-4-12(16)17(21)20-18-19-13(9-26-18)11-6-7-14-15(8-11)25-10-24-14/h2-9H,10H2,1H3,(H,19,20,21). The van der Waals surface area contributed by atoms with Crippen molar-refractivity contribution in [3.05, 3.63) is 53.4 Å². The summed E-state index contributed by atoms with van der Waals surface area (Å²) in [6.07, 6.45) is 1.07. The van der Waals surface area contributed by atoms with E-state index in [4.69, 9.17) is 9.47 Å². The first kappa shape index (κ1) is 17.5. The molecular weight excluding hydrogens is 388 g/mol. The Morgan fingerprint density at radius 3 is 2.74 bits per heavy atom. The van der Waals surface area contributed by atoms with E-state index >= 15 is 0 Å². The van der Waals surface area contributed by atoms with Crippen LogP contribution in [-0.4, -0.2) is 32.4 Å². The number of benzene rings is 2. The summed E-state index contributed by atoms with van der Waals surface area (Å²) in [4.78, 5) is 16.9. The maximum Gasteiger partial charge on any atom is 0.258 e. The number of nitrogens with one attached hydrogen (secondary N) is 1. The molecule has 4 rings (SSSR count). The minimum Gasteiger partial charge on any atom is -0.454 e. The third-order valence-electron chi connectivity index (χ3n) is 3.92. The lowest BCUT2D eigenvalue weighted by molar-refractivity contribution is 0.102.